The molecule has 0 aliphatic carbocycles. The molecule has 1 N–H and O–H groups in total. The number of nitrogens with zero attached hydrogens (tertiary/aromatic N) is 1. The molecule has 0 aromatic carbocycles. The molecular weight excluding hydrogens is 167 g/mol. The van der Waals surface area contributed by atoms with E-state index in [2.05, 4.69) is 22.1 Å². The van der Waals surface area contributed by atoms with Gasteiger partial charge in [-0.15, -0.1) is 0 Å². The van der Waals surface area contributed by atoms with E-state index >= 15 is 0 Å². The van der Waals surface area contributed by atoms with Crippen molar-refractivity contribution < 1.29 is 4.39 Å². The fourth-order valence-electron chi connectivity index (χ4n) is 0.814. The fourth-order valence-corrected chi connectivity index (χ4v) is 0.814. The first kappa shape index (κ1) is 9.69. The summed E-state index contributed by atoms with van der Waals surface area (Å²) in [6.45, 7) is 0.836. The van der Waals surface area contributed by atoms with Crippen LogP contribution in [0.5, 0.6) is 0 Å². The number of rotatable bonds is 2. The first-order valence-electron chi connectivity index (χ1n) is 4.08. The molecule has 0 atom stereocenters. The van der Waals surface area contributed by atoms with E-state index in [4.69, 9.17) is 0 Å². The third kappa shape index (κ3) is 3.68. The minimum Gasteiger partial charge on any atom is -0.319 e. The van der Waals surface area contributed by atoms with E-state index in [0.29, 0.717) is 5.69 Å². The van der Waals surface area contributed by atoms with Crippen molar-refractivity contribution in [2.75, 3.05) is 13.6 Å². The summed E-state index contributed by atoms with van der Waals surface area (Å²) < 4.78 is 12.6. The molecule has 0 radical (unpaired) electrons. The largest absolute Gasteiger partial charge is 0.319 e. The first-order chi connectivity index (χ1) is 6.33. The van der Waals surface area contributed by atoms with Crippen LogP contribution in [0.4, 0.5) is 4.39 Å². The van der Waals surface area contributed by atoms with Gasteiger partial charge < -0.3 is 5.32 Å². The molecule has 0 aliphatic rings. The predicted molar refractivity (Wildman–Crippen MR) is 49.6 cm³/mol. The van der Waals surface area contributed by atoms with E-state index in [-0.39, 0.29) is 5.82 Å². The van der Waals surface area contributed by atoms with Crippen LogP contribution in [-0.2, 0) is 0 Å². The Kier molecular flexibility index (Phi) is 3.94. The molecule has 1 aromatic rings. The maximum absolute atomic E-state index is 12.6. The quantitative estimate of drug-likeness (QED) is 0.543. The summed E-state index contributed by atoms with van der Waals surface area (Å²) in [5.41, 5.74) is 0.483. The van der Waals surface area contributed by atoms with Gasteiger partial charge in [-0.1, -0.05) is 5.92 Å². The Morgan fingerprint density at radius 3 is 3.15 bits per heavy atom. The Bertz CT molecular complexity index is 325. The van der Waals surface area contributed by atoms with Crippen molar-refractivity contribution in [1.82, 2.24) is 10.3 Å². The molecule has 68 valence electrons. The Morgan fingerprint density at radius 1 is 1.62 bits per heavy atom. The molecule has 0 bridgehead atoms. The summed E-state index contributed by atoms with van der Waals surface area (Å²) in [5.74, 6) is 5.37. The van der Waals surface area contributed by atoms with Gasteiger partial charge in [-0.2, -0.15) is 0 Å². The Hall–Kier alpha value is -1.40. The maximum Gasteiger partial charge on any atom is 0.127 e. The van der Waals surface area contributed by atoms with E-state index in [1.807, 2.05) is 7.05 Å². The molecule has 0 spiro atoms. The van der Waals surface area contributed by atoms with Crippen molar-refractivity contribution in [3.8, 4) is 11.8 Å². The molecule has 0 saturated heterocycles. The van der Waals surface area contributed by atoms with Crippen LogP contribution >= 0.6 is 0 Å². The van der Waals surface area contributed by atoms with Gasteiger partial charge in [-0.25, -0.2) is 9.37 Å². The second-order valence-corrected chi connectivity index (χ2v) is 2.51. The number of pyridine rings is 1. The number of hydrogen-bond acceptors (Lipinski definition) is 2. The van der Waals surface area contributed by atoms with Crippen LogP contribution in [0.25, 0.3) is 0 Å². The molecule has 0 unspecified atom stereocenters. The molecule has 3 heteroatoms. The van der Waals surface area contributed by atoms with Crippen molar-refractivity contribution in [2.45, 2.75) is 6.42 Å². The lowest BCUT2D eigenvalue weighted by Crippen LogP contribution is -2.05. The normalized spacial score (nSPS) is 9.08. The third-order valence-electron chi connectivity index (χ3n) is 1.44. The molecule has 0 amide bonds. The standard InChI is InChI=1S/C10H11FN2/c1-12-6-3-2-4-10-8-9(11)5-7-13-10/h5,7-8,12H,3,6H2,1H3. The van der Waals surface area contributed by atoms with E-state index in [9.17, 15) is 4.39 Å². The van der Waals surface area contributed by atoms with Gasteiger partial charge in [0.15, 0.2) is 0 Å². The number of aromatic nitrogens is 1. The summed E-state index contributed by atoms with van der Waals surface area (Å²) in [5, 5.41) is 2.97. The highest BCUT2D eigenvalue weighted by molar-refractivity contribution is 5.27. The Morgan fingerprint density at radius 2 is 2.46 bits per heavy atom. The Labute approximate surface area is 77.2 Å². The van der Waals surface area contributed by atoms with Crippen molar-refractivity contribution in [3.05, 3.63) is 29.8 Å². The predicted octanol–water partition coefficient (Wildman–Crippen LogP) is 1.18. The van der Waals surface area contributed by atoms with Gasteiger partial charge in [0, 0.05) is 25.2 Å². The lowest BCUT2D eigenvalue weighted by Gasteiger charge is -1.89. The SMILES string of the molecule is CNCCC#Cc1cc(F)ccn1. The summed E-state index contributed by atoms with van der Waals surface area (Å²) in [6.07, 6.45) is 2.16. The molecule has 2 nitrogen and oxygen atoms in total. The van der Waals surface area contributed by atoms with Gasteiger partial charge in [0.25, 0.3) is 0 Å². The van der Waals surface area contributed by atoms with Crippen LogP contribution in [0.15, 0.2) is 18.3 Å². The summed E-state index contributed by atoms with van der Waals surface area (Å²) in [6, 6.07) is 2.63. The fraction of sp³-hybridized carbons (Fsp3) is 0.300. The second-order valence-electron chi connectivity index (χ2n) is 2.51. The van der Waals surface area contributed by atoms with Crippen molar-refractivity contribution in [1.29, 1.82) is 0 Å². The molecule has 1 heterocycles. The van der Waals surface area contributed by atoms with E-state index in [1.165, 1.54) is 18.3 Å². The molecular formula is C10H11FN2. The van der Waals surface area contributed by atoms with Crippen LogP contribution in [0.3, 0.4) is 0 Å². The average molecular weight is 178 g/mol. The average Bonchev–Trinajstić information content (AvgIpc) is 2.13. The van der Waals surface area contributed by atoms with Gasteiger partial charge >= 0.3 is 0 Å². The molecule has 0 fully saturated rings. The zero-order valence-electron chi connectivity index (χ0n) is 7.47. The van der Waals surface area contributed by atoms with Crippen molar-refractivity contribution in [3.63, 3.8) is 0 Å². The summed E-state index contributed by atoms with van der Waals surface area (Å²) in [4.78, 5) is 3.90. The maximum atomic E-state index is 12.6. The topological polar surface area (TPSA) is 24.9 Å². The highest BCUT2D eigenvalue weighted by Gasteiger charge is 1.90. The highest BCUT2D eigenvalue weighted by Crippen LogP contribution is 1.96. The van der Waals surface area contributed by atoms with Crippen LogP contribution in [0.2, 0.25) is 0 Å². The monoisotopic (exact) mass is 178 g/mol. The third-order valence-corrected chi connectivity index (χ3v) is 1.44. The van der Waals surface area contributed by atoms with Crippen LogP contribution < -0.4 is 5.32 Å². The smallest absolute Gasteiger partial charge is 0.127 e. The van der Waals surface area contributed by atoms with Crippen molar-refractivity contribution >= 4 is 0 Å². The van der Waals surface area contributed by atoms with Gasteiger partial charge in [0.1, 0.15) is 11.5 Å². The Balaban J connectivity index is 2.56. The number of nitrogens with one attached hydrogen (secondary N) is 1. The first-order valence-corrected chi connectivity index (χ1v) is 4.08. The second kappa shape index (κ2) is 5.28. The van der Waals surface area contributed by atoms with Gasteiger partial charge in [-0.05, 0) is 19.0 Å². The van der Waals surface area contributed by atoms with Gasteiger partial charge in [0.05, 0.1) is 0 Å². The highest BCUT2D eigenvalue weighted by atomic mass is 19.1. The zero-order valence-corrected chi connectivity index (χ0v) is 7.47. The zero-order chi connectivity index (χ0) is 9.52. The van der Waals surface area contributed by atoms with E-state index < -0.39 is 0 Å². The van der Waals surface area contributed by atoms with Crippen LogP contribution in [0.1, 0.15) is 12.1 Å². The minimum atomic E-state index is -0.298. The number of hydrogen-bond donors (Lipinski definition) is 1. The van der Waals surface area contributed by atoms with E-state index in [1.54, 1.807) is 0 Å². The van der Waals surface area contributed by atoms with E-state index in [0.717, 1.165) is 13.0 Å². The molecule has 13 heavy (non-hydrogen) atoms. The van der Waals surface area contributed by atoms with Crippen LogP contribution in [0, 0.1) is 17.7 Å². The lowest BCUT2D eigenvalue weighted by molar-refractivity contribution is 0.625. The molecule has 1 aromatic heterocycles. The summed E-state index contributed by atoms with van der Waals surface area (Å²) in [7, 11) is 1.86. The molecule has 0 saturated carbocycles. The number of halogens is 1. The van der Waals surface area contributed by atoms with Gasteiger partial charge in [-0.3, -0.25) is 0 Å². The summed E-state index contributed by atoms with van der Waals surface area (Å²) >= 11 is 0. The molecule has 0 aliphatic heterocycles. The van der Waals surface area contributed by atoms with Crippen LogP contribution in [-0.4, -0.2) is 18.6 Å². The van der Waals surface area contributed by atoms with Gasteiger partial charge in [0.2, 0.25) is 0 Å². The van der Waals surface area contributed by atoms with Crippen molar-refractivity contribution in [2.24, 2.45) is 0 Å². The lowest BCUT2D eigenvalue weighted by atomic mass is 10.3. The molecule has 1 rings (SSSR count). The minimum absolute atomic E-state index is 0.298.